The molecule has 0 radical (unpaired) electrons. The normalized spacial score (nSPS) is 19.5. The van der Waals surface area contributed by atoms with E-state index in [1.807, 2.05) is 0 Å². The summed E-state index contributed by atoms with van der Waals surface area (Å²) < 4.78 is 117. The number of carbonyl (C=O) groups is 2. The first-order valence-electron chi connectivity index (χ1n) is 9.35. The fourth-order valence-electron chi connectivity index (χ4n) is 4.02. The van der Waals surface area contributed by atoms with Gasteiger partial charge in [0.25, 0.3) is 4.93 Å². The van der Waals surface area contributed by atoms with Gasteiger partial charge >= 0.3 is 88.7 Å². The molecule has 21 heteroatoms. The van der Waals surface area contributed by atoms with Gasteiger partial charge in [0.15, 0.2) is 11.6 Å². The predicted molar refractivity (Wildman–Crippen MR) is 124 cm³/mol. The Hall–Kier alpha value is -0.330. The Morgan fingerprint density at radius 3 is 1.54 bits per heavy atom. The number of benzene rings is 2. The molecule has 4 rings (SSSR count). The number of hydrogen-bond donors (Lipinski definition) is 0. The number of ether oxygens (including phenoxy) is 1. The SMILES string of the molecule is O.O.O.O=C1C2=C(C(=O)c3ccccc31)C(S(=O)(=O)[O-])C(Oc1ccccc1)(S(=O)(=O)[O-])C(S(=O)(=O)[O-])=C2.[Na+].[Na+].[Na+]. The van der Waals surface area contributed by atoms with Crippen LogP contribution in [-0.2, 0) is 30.4 Å². The van der Waals surface area contributed by atoms with Crippen LogP contribution in [0.4, 0.5) is 0 Å². The molecular formula is C20H17Na3O15S3. The van der Waals surface area contributed by atoms with Crippen LogP contribution in [0.2, 0.25) is 0 Å². The summed E-state index contributed by atoms with van der Waals surface area (Å²) in [6, 6.07) is 10.6. The van der Waals surface area contributed by atoms with Gasteiger partial charge < -0.3 is 34.8 Å². The minimum atomic E-state index is -6.42. The number of hydrogen-bond acceptors (Lipinski definition) is 12. The van der Waals surface area contributed by atoms with Crippen molar-refractivity contribution < 1.29 is 158 Å². The van der Waals surface area contributed by atoms with E-state index >= 15 is 0 Å². The second-order valence-corrected chi connectivity index (χ2v) is 11.7. The van der Waals surface area contributed by atoms with Gasteiger partial charge in [-0.15, -0.1) is 0 Å². The molecule has 208 valence electrons. The maximum absolute atomic E-state index is 13.3. The minimum absolute atomic E-state index is 0. The van der Waals surface area contributed by atoms with Gasteiger partial charge in [-0.3, -0.25) is 9.59 Å². The van der Waals surface area contributed by atoms with Crippen LogP contribution >= 0.6 is 0 Å². The molecule has 0 aromatic heterocycles. The fourth-order valence-corrected chi connectivity index (χ4v) is 8.15. The molecule has 0 aliphatic heterocycles. The summed E-state index contributed by atoms with van der Waals surface area (Å²) in [6.07, 6.45) is 0.105. The number of Topliss-reactive ketones (excluding diaryl/α,β-unsaturated/α-hetero) is 2. The van der Waals surface area contributed by atoms with Crippen LogP contribution < -0.4 is 93.4 Å². The molecule has 0 spiro atoms. The zero-order valence-corrected chi connectivity index (χ0v) is 29.9. The summed E-state index contributed by atoms with van der Waals surface area (Å²) in [4.78, 5) is 20.0. The van der Waals surface area contributed by atoms with Crippen LogP contribution in [0.25, 0.3) is 0 Å². The van der Waals surface area contributed by atoms with Gasteiger partial charge in [-0.25, -0.2) is 25.3 Å². The zero-order valence-electron chi connectivity index (χ0n) is 21.5. The van der Waals surface area contributed by atoms with Crippen LogP contribution in [-0.4, -0.2) is 77.1 Å². The Kier molecular flexibility index (Phi) is 17.2. The molecule has 2 atom stereocenters. The van der Waals surface area contributed by atoms with Crippen molar-refractivity contribution in [1.29, 1.82) is 0 Å². The van der Waals surface area contributed by atoms with E-state index in [0.29, 0.717) is 0 Å². The third-order valence-electron chi connectivity index (χ3n) is 5.36. The van der Waals surface area contributed by atoms with Crippen molar-refractivity contribution in [1.82, 2.24) is 0 Å². The summed E-state index contributed by atoms with van der Waals surface area (Å²) >= 11 is 0. The number of rotatable bonds is 5. The molecule has 0 bridgehead atoms. The molecule has 2 aromatic rings. The number of allylic oxidation sites excluding steroid dienone is 2. The standard InChI is InChI=1S/C20H14O12S3.3Na.3H2O/c21-17-12-8-4-5-9-13(12)18(22)16-14(17)10-15(33(23,24)25)20(35(29,30)31,19(16)34(26,27)28)32-11-6-2-1-3-7-11;;;;;;/h1-10,19H,(H,23,24,25)(H,26,27,28)(H,29,30,31);;;;3*1H2/q;3*+1;;;/p-3. The molecule has 0 fully saturated rings. The van der Waals surface area contributed by atoms with Crippen LogP contribution in [0.1, 0.15) is 20.7 Å². The first kappa shape index (κ1) is 45.1. The molecule has 41 heavy (non-hydrogen) atoms. The van der Waals surface area contributed by atoms with E-state index in [9.17, 15) is 48.5 Å². The smallest absolute Gasteiger partial charge is 0.747 e. The van der Waals surface area contributed by atoms with Gasteiger partial charge in [-0.1, -0.05) is 42.5 Å². The first-order chi connectivity index (χ1) is 16.1. The van der Waals surface area contributed by atoms with E-state index in [-0.39, 0.29) is 117 Å². The van der Waals surface area contributed by atoms with Crippen LogP contribution in [0.5, 0.6) is 5.75 Å². The van der Waals surface area contributed by atoms with E-state index in [4.69, 9.17) is 4.74 Å². The number of carbonyl (C=O) groups excluding carboxylic acids is 2. The average Bonchev–Trinajstić information content (AvgIpc) is 2.75. The molecule has 6 N–H and O–H groups in total. The molecule has 2 aliphatic rings. The van der Waals surface area contributed by atoms with Crippen molar-refractivity contribution in [3.05, 3.63) is 87.9 Å². The van der Waals surface area contributed by atoms with Crippen molar-refractivity contribution in [3.8, 4) is 5.75 Å². The summed E-state index contributed by atoms with van der Waals surface area (Å²) in [5.74, 6) is -3.15. The molecule has 0 heterocycles. The Bertz CT molecular complexity index is 1690. The van der Waals surface area contributed by atoms with E-state index < -0.39 is 79.5 Å². The Morgan fingerprint density at radius 1 is 0.683 bits per heavy atom. The van der Waals surface area contributed by atoms with Crippen molar-refractivity contribution in [2.24, 2.45) is 0 Å². The number of para-hydroxylation sites is 1. The largest absolute Gasteiger partial charge is 1.00 e. The van der Waals surface area contributed by atoms with Crippen LogP contribution in [0.3, 0.4) is 0 Å². The van der Waals surface area contributed by atoms with Crippen molar-refractivity contribution >= 4 is 41.9 Å². The van der Waals surface area contributed by atoms with Gasteiger partial charge in [-0.2, -0.15) is 0 Å². The summed E-state index contributed by atoms with van der Waals surface area (Å²) in [7, 11) is -18.7. The third kappa shape index (κ3) is 7.85. The molecule has 0 amide bonds. The summed E-state index contributed by atoms with van der Waals surface area (Å²) in [5.41, 5.74) is -3.11. The van der Waals surface area contributed by atoms with E-state index in [1.165, 1.54) is 30.3 Å². The van der Waals surface area contributed by atoms with Crippen molar-refractivity contribution in [2.75, 3.05) is 0 Å². The molecule has 2 aromatic carbocycles. The van der Waals surface area contributed by atoms with Crippen molar-refractivity contribution in [3.63, 3.8) is 0 Å². The van der Waals surface area contributed by atoms with Gasteiger partial charge in [0, 0.05) is 22.3 Å². The molecule has 2 unspecified atom stereocenters. The predicted octanol–water partition coefficient (Wildman–Crippen LogP) is -11.4. The molecule has 0 saturated heterocycles. The zero-order chi connectivity index (χ0) is 26.0. The Labute approximate surface area is 300 Å². The topological polar surface area (TPSA) is 309 Å². The second-order valence-electron chi connectivity index (χ2n) is 7.40. The van der Waals surface area contributed by atoms with Gasteiger partial charge in [0.1, 0.15) is 41.4 Å². The van der Waals surface area contributed by atoms with E-state index in [0.717, 1.165) is 24.3 Å². The summed E-state index contributed by atoms with van der Waals surface area (Å²) in [6.45, 7) is 0. The van der Waals surface area contributed by atoms with Crippen LogP contribution in [0.15, 0.2) is 76.7 Å². The monoisotopic (exact) mass is 662 g/mol. The Balaban J connectivity index is -0.00000241. The molecule has 0 saturated carbocycles. The number of fused-ring (bicyclic) bond motifs is 1. The quantitative estimate of drug-likeness (QED) is 0.213. The third-order valence-corrected chi connectivity index (χ3v) is 9.03. The van der Waals surface area contributed by atoms with E-state index in [1.54, 1.807) is 0 Å². The molecular weight excluding hydrogens is 645 g/mol. The molecule has 15 nitrogen and oxygen atoms in total. The van der Waals surface area contributed by atoms with E-state index in [2.05, 4.69) is 0 Å². The number of ketones is 2. The second kappa shape index (κ2) is 15.6. The Morgan fingerprint density at radius 2 is 1.12 bits per heavy atom. The van der Waals surface area contributed by atoms with Gasteiger partial charge in [-0.05, 0) is 18.2 Å². The maximum atomic E-state index is 13.3. The molecule has 2 aliphatic carbocycles. The average molecular weight is 663 g/mol. The minimum Gasteiger partial charge on any atom is -0.747 e. The van der Waals surface area contributed by atoms with Gasteiger partial charge in [0.05, 0.1) is 4.91 Å². The van der Waals surface area contributed by atoms with Crippen LogP contribution in [0, 0.1) is 0 Å². The van der Waals surface area contributed by atoms with Crippen molar-refractivity contribution in [2.45, 2.75) is 10.2 Å². The maximum Gasteiger partial charge on any atom is 1.00 e. The summed E-state index contributed by atoms with van der Waals surface area (Å²) in [5, 5.41) is -3.42. The van der Waals surface area contributed by atoms with Gasteiger partial charge in [0.2, 0.25) is 0 Å². The fraction of sp³-hybridized carbons (Fsp3) is 0.100. The first-order valence-corrected chi connectivity index (χ1v) is 13.6.